The topological polar surface area (TPSA) is 91.0 Å². The number of aromatic amines is 1. The monoisotopic (exact) mass is 485 g/mol. The number of hydrogen-bond acceptors (Lipinski definition) is 4. The SMILES string of the molecule is Cc1ccccc1C(C)N(C(=O)c1cnc[nH]1)C(C(=O)NCCc1cccc(F)c1)c1cccnc1. The molecule has 0 aliphatic carbocycles. The molecule has 7 nitrogen and oxygen atoms in total. The van der Waals surface area contributed by atoms with Crippen LogP contribution < -0.4 is 5.32 Å². The number of hydrogen-bond donors (Lipinski definition) is 2. The quantitative estimate of drug-likeness (QED) is 0.364. The van der Waals surface area contributed by atoms with Gasteiger partial charge < -0.3 is 15.2 Å². The highest BCUT2D eigenvalue weighted by atomic mass is 19.1. The molecule has 184 valence electrons. The van der Waals surface area contributed by atoms with E-state index in [1.54, 1.807) is 35.5 Å². The van der Waals surface area contributed by atoms with Crippen LogP contribution in [0.25, 0.3) is 0 Å². The lowest BCUT2D eigenvalue weighted by atomic mass is 9.96. The van der Waals surface area contributed by atoms with Crippen LogP contribution in [0.2, 0.25) is 0 Å². The number of benzene rings is 2. The molecule has 2 atom stereocenters. The summed E-state index contributed by atoms with van der Waals surface area (Å²) in [4.78, 5) is 40.1. The second kappa shape index (κ2) is 11.4. The molecule has 2 N–H and O–H groups in total. The fourth-order valence-corrected chi connectivity index (χ4v) is 4.33. The Kier molecular flexibility index (Phi) is 7.85. The van der Waals surface area contributed by atoms with Crippen molar-refractivity contribution < 1.29 is 14.0 Å². The van der Waals surface area contributed by atoms with Crippen LogP contribution in [0.4, 0.5) is 4.39 Å². The molecular formula is C28H28FN5O2. The number of aryl methyl sites for hydroxylation is 1. The Labute approximate surface area is 209 Å². The van der Waals surface area contributed by atoms with E-state index in [0.29, 0.717) is 12.0 Å². The van der Waals surface area contributed by atoms with Crippen LogP contribution in [0.15, 0.2) is 85.6 Å². The van der Waals surface area contributed by atoms with Gasteiger partial charge in [-0.15, -0.1) is 0 Å². The molecule has 36 heavy (non-hydrogen) atoms. The van der Waals surface area contributed by atoms with Crippen LogP contribution in [-0.4, -0.2) is 38.2 Å². The zero-order valence-corrected chi connectivity index (χ0v) is 20.2. The molecule has 0 radical (unpaired) electrons. The Morgan fingerprint density at radius 2 is 1.89 bits per heavy atom. The van der Waals surface area contributed by atoms with Gasteiger partial charge >= 0.3 is 0 Å². The minimum atomic E-state index is -0.961. The van der Waals surface area contributed by atoms with Crippen molar-refractivity contribution in [1.29, 1.82) is 0 Å². The number of carbonyl (C=O) groups is 2. The number of nitrogens with one attached hydrogen (secondary N) is 2. The first-order chi connectivity index (χ1) is 17.5. The predicted octanol–water partition coefficient (Wildman–Crippen LogP) is 4.56. The molecular weight excluding hydrogens is 457 g/mol. The first kappa shape index (κ1) is 24.8. The Morgan fingerprint density at radius 1 is 1.06 bits per heavy atom. The summed E-state index contributed by atoms with van der Waals surface area (Å²) in [7, 11) is 0. The van der Waals surface area contributed by atoms with Gasteiger partial charge in [0.15, 0.2) is 0 Å². The number of nitrogens with zero attached hydrogens (tertiary/aromatic N) is 3. The molecule has 4 rings (SSSR count). The number of pyridine rings is 1. The minimum absolute atomic E-state index is 0.275. The summed E-state index contributed by atoms with van der Waals surface area (Å²) in [5.41, 5.74) is 3.55. The van der Waals surface area contributed by atoms with Crippen molar-refractivity contribution in [3.63, 3.8) is 0 Å². The Morgan fingerprint density at radius 3 is 2.58 bits per heavy atom. The number of carbonyl (C=O) groups excluding carboxylic acids is 2. The van der Waals surface area contributed by atoms with Crippen LogP contribution in [0, 0.1) is 12.7 Å². The van der Waals surface area contributed by atoms with Gasteiger partial charge in [-0.3, -0.25) is 14.6 Å². The summed E-state index contributed by atoms with van der Waals surface area (Å²) >= 11 is 0. The molecule has 2 aromatic carbocycles. The highest BCUT2D eigenvalue weighted by Gasteiger charge is 2.36. The van der Waals surface area contributed by atoms with E-state index in [9.17, 15) is 14.0 Å². The molecule has 4 aromatic rings. The van der Waals surface area contributed by atoms with E-state index in [4.69, 9.17) is 0 Å². The molecule has 8 heteroatoms. The minimum Gasteiger partial charge on any atom is -0.354 e. The molecule has 0 fully saturated rings. The lowest BCUT2D eigenvalue weighted by Crippen LogP contribution is -2.45. The molecule has 2 aromatic heterocycles. The van der Waals surface area contributed by atoms with Crippen molar-refractivity contribution in [2.24, 2.45) is 0 Å². The number of imidazole rings is 1. The molecule has 0 bridgehead atoms. The summed E-state index contributed by atoms with van der Waals surface area (Å²) in [6.45, 7) is 4.16. The first-order valence-electron chi connectivity index (χ1n) is 11.7. The maximum atomic E-state index is 13.8. The van der Waals surface area contributed by atoms with Gasteiger partial charge in [-0.05, 0) is 55.2 Å². The summed E-state index contributed by atoms with van der Waals surface area (Å²) < 4.78 is 13.6. The lowest BCUT2D eigenvalue weighted by molar-refractivity contribution is -0.126. The summed E-state index contributed by atoms with van der Waals surface area (Å²) in [6, 6.07) is 16.2. The van der Waals surface area contributed by atoms with Crippen molar-refractivity contribution in [1.82, 2.24) is 25.2 Å². The number of amides is 2. The van der Waals surface area contributed by atoms with Crippen molar-refractivity contribution in [2.75, 3.05) is 6.54 Å². The van der Waals surface area contributed by atoms with E-state index in [1.165, 1.54) is 24.7 Å². The smallest absolute Gasteiger partial charge is 0.273 e. The standard InChI is InChI=1S/C28H28FN5O2/c1-19-7-3-4-11-24(19)20(2)34(28(36)25-17-31-18-33-25)26(22-9-6-13-30-16-22)27(35)32-14-12-21-8-5-10-23(29)15-21/h3-11,13,15-18,20,26H,12,14H2,1-2H3,(H,31,33)(H,32,35). The number of aromatic nitrogens is 3. The fourth-order valence-electron chi connectivity index (χ4n) is 4.33. The lowest BCUT2D eigenvalue weighted by Gasteiger charge is -2.36. The second-order valence-electron chi connectivity index (χ2n) is 8.57. The van der Waals surface area contributed by atoms with Gasteiger partial charge in [-0.25, -0.2) is 9.37 Å². The Bertz CT molecular complexity index is 1310. The molecule has 2 heterocycles. The van der Waals surface area contributed by atoms with Crippen LogP contribution in [0.3, 0.4) is 0 Å². The van der Waals surface area contributed by atoms with Crippen LogP contribution in [0.1, 0.15) is 51.7 Å². The van der Waals surface area contributed by atoms with E-state index in [1.807, 2.05) is 44.2 Å². The summed E-state index contributed by atoms with van der Waals surface area (Å²) in [5, 5.41) is 2.94. The number of H-pyrrole nitrogens is 1. The van der Waals surface area contributed by atoms with Crippen molar-refractivity contribution in [3.8, 4) is 0 Å². The van der Waals surface area contributed by atoms with Crippen molar-refractivity contribution in [2.45, 2.75) is 32.4 Å². The zero-order chi connectivity index (χ0) is 25.5. The van der Waals surface area contributed by atoms with Gasteiger partial charge in [-0.2, -0.15) is 0 Å². The highest BCUT2D eigenvalue weighted by Crippen LogP contribution is 2.33. The van der Waals surface area contributed by atoms with E-state index in [2.05, 4.69) is 20.3 Å². The Hall–Kier alpha value is -4.33. The normalized spacial score (nSPS) is 12.5. The maximum absolute atomic E-state index is 13.8. The zero-order valence-electron chi connectivity index (χ0n) is 20.2. The van der Waals surface area contributed by atoms with E-state index >= 15 is 0 Å². The van der Waals surface area contributed by atoms with Crippen LogP contribution >= 0.6 is 0 Å². The molecule has 0 saturated carbocycles. The fraction of sp³-hybridized carbons (Fsp3) is 0.214. The molecule has 2 amide bonds. The van der Waals surface area contributed by atoms with Gasteiger partial charge in [0.25, 0.3) is 5.91 Å². The summed E-state index contributed by atoms with van der Waals surface area (Å²) in [6.07, 6.45) is 6.54. The molecule has 2 unspecified atom stereocenters. The first-order valence-corrected chi connectivity index (χ1v) is 11.7. The van der Waals surface area contributed by atoms with Crippen LogP contribution in [-0.2, 0) is 11.2 Å². The third-order valence-corrected chi connectivity index (χ3v) is 6.15. The molecule has 0 spiro atoms. The molecule has 0 aliphatic rings. The van der Waals surface area contributed by atoms with Gasteiger partial charge in [0.2, 0.25) is 5.91 Å². The predicted molar refractivity (Wildman–Crippen MR) is 134 cm³/mol. The second-order valence-corrected chi connectivity index (χ2v) is 8.57. The third kappa shape index (κ3) is 5.66. The van der Waals surface area contributed by atoms with Crippen molar-refractivity contribution >= 4 is 11.8 Å². The van der Waals surface area contributed by atoms with Gasteiger partial charge in [0.1, 0.15) is 17.6 Å². The van der Waals surface area contributed by atoms with Crippen molar-refractivity contribution in [3.05, 3.63) is 119 Å². The van der Waals surface area contributed by atoms with Gasteiger partial charge in [0.05, 0.1) is 18.6 Å². The van der Waals surface area contributed by atoms with Gasteiger partial charge in [0, 0.05) is 24.5 Å². The largest absolute Gasteiger partial charge is 0.354 e. The third-order valence-electron chi connectivity index (χ3n) is 6.15. The molecule has 0 saturated heterocycles. The van der Waals surface area contributed by atoms with E-state index in [-0.39, 0.29) is 29.9 Å². The number of rotatable bonds is 9. The maximum Gasteiger partial charge on any atom is 0.273 e. The Balaban J connectivity index is 1.69. The van der Waals surface area contributed by atoms with Gasteiger partial charge in [-0.1, -0.05) is 42.5 Å². The molecule has 0 aliphatic heterocycles. The van der Waals surface area contributed by atoms with E-state index in [0.717, 1.165) is 16.7 Å². The highest BCUT2D eigenvalue weighted by molar-refractivity contribution is 5.96. The average molecular weight is 486 g/mol. The number of halogens is 1. The average Bonchev–Trinajstić information content (AvgIpc) is 3.42. The van der Waals surface area contributed by atoms with E-state index < -0.39 is 12.1 Å². The summed E-state index contributed by atoms with van der Waals surface area (Å²) in [5.74, 6) is -1.04. The van der Waals surface area contributed by atoms with Crippen LogP contribution in [0.5, 0.6) is 0 Å².